The maximum Gasteiger partial charge on any atom is 0.224 e. The lowest BCUT2D eigenvalue weighted by Crippen LogP contribution is -2.49. The average Bonchev–Trinajstić information content (AvgIpc) is 3.35. The normalized spacial score (nSPS) is 26.1. The lowest BCUT2D eigenvalue weighted by molar-refractivity contribution is -0.122. The SMILES string of the molecule is Cc1cccc(CC(=O)N[C@H]2C[C@H]3CN(Cc4cccc5cn[nH]c45)C[C@H]3C[C@@H]2O)c1. The molecule has 162 valence electrons. The van der Waals surface area contributed by atoms with Crippen molar-refractivity contribution < 1.29 is 9.90 Å². The molecular formula is C25H30N4O2. The monoisotopic (exact) mass is 418 g/mol. The molecule has 1 amide bonds. The summed E-state index contributed by atoms with van der Waals surface area (Å²) in [6.45, 7) is 4.92. The Bertz CT molecular complexity index is 1080. The number of carbonyl (C=O) groups excluding carboxylic acids is 1. The Morgan fingerprint density at radius 3 is 2.84 bits per heavy atom. The van der Waals surface area contributed by atoms with Gasteiger partial charge in [0.05, 0.1) is 30.3 Å². The second-order valence-electron chi connectivity index (χ2n) is 9.34. The van der Waals surface area contributed by atoms with Gasteiger partial charge in [-0.3, -0.25) is 14.8 Å². The standard InChI is InChI=1S/C25H30N4O2/c1-16-4-2-5-17(8-16)9-24(31)27-22-10-20-14-29(15-21(20)11-23(22)30)13-19-7-3-6-18-12-26-28-25(18)19/h2-8,12,20-23,30H,9-11,13-15H2,1H3,(H,26,28)(H,27,31)/t20-,21+,22-,23-/m0/s1. The highest BCUT2D eigenvalue weighted by molar-refractivity contribution is 5.81. The van der Waals surface area contributed by atoms with E-state index in [9.17, 15) is 9.90 Å². The van der Waals surface area contributed by atoms with Gasteiger partial charge in [0.1, 0.15) is 0 Å². The first kappa shape index (κ1) is 20.2. The van der Waals surface area contributed by atoms with Crippen molar-refractivity contribution in [3.63, 3.8) is 0 Å². The maximum atomic E-state index is 12.6. The Morgan fingerprint density at radius 2 is 2.00 bits per heavy atom. The first-order valence-electron chi connectivity index (χ1n) is 11.2. The molecule has 3 N–H and O–H groups in total. The number of para-hydroxylation sites is 1. The van der Waals surface area contributed by atoms with E-state index in [0.717, 1.165) is 54.5 Å². The van der Waals surface area contributed by atoms with Gasteiger partial charge in [0.2, 0.25) is 5.91 Å². The molecule has 2 fully saturated rings. The van der Waals surface area contributed by atoms with Crippen LogP contribution in [-0.4, -0.2) is 51.3 Å². The van der Waals surface area contributed by atoms with Gasteiger partial charge in [-0.1, -0.05) is 48.0 Å². The van der Waals surface area contributed by atoms with E-state index < -0.39 is 6.10 Å². The largest absolute Gasteiger partial charge is 0.391 e. The predicted octanol–water partition coefficient (Wildman–Crippen LogP) is 2.80. The van der Waals surface area contributed by atoms with Gasteiger partial charge in [0, 0.05) is 25.0 Å². The summed E-state index contributed by atoms with van der Waals surface area (Å²) in [5, 5.41) is 22.3. The number of benzene rings is 2. The van der Waals surface area contributed by atoms with Crippen molar-refractivity contribution in [1.82, 2.24) is 20.4 Å². The first-order valence-corrected chi connectivity index (χ1v) is 11.2. The van der Waals surface area contributed by atoms with Crippen LogP contribution in [0, 0.1) is 18.8 Å². The number of H-pyrrole nitrogens is 1. The van der Waals surface area contributed by atoms with Crippen LogP contribution in [0.4, 0.5) is 0 Å². The zero-order valence-corrected chi connectivity index (χ0v) is 17.9. The topological polar surface area (TPSA) is 81.2 Å². The smallest absolute Gasteiger partial charge is 0.224 e. The van der Waals surface area contributed by atoms with Crippen LogP contribution < -0.4 is 5.32 Å². The highest BCUT2D eigenvalue weighted by Crippen LogP contribution is 2.37. The number of hydrogen-bond donors (Lipinski definition) is 3. The number of nitrogens with one attached hydrogen (secondary N) is 2. The number of aliphatic hydroxyl groups is 1. The van der Waals surface area contributed by atoms with Crippen molar-refractivity contribution in [2.75, 3.05) is 13.1 Å². The van der Waals surface area contributed by atoms with Gasteiger partial charge in [-0.15, -0.1) is 0 Å². The molecule has 4 atom stereocenters. The number of aromatic nitrogens is 2. The molecular weight excluding hydrogens is 388 g/mol. The summed E-state index contributed by atoms with van der Waals surface area (Å²) in [6, 6.07) is 14.2. The summed E-state index contributed by atoms with van der Waals surface area (Å²) in [7, 11) is 0. The number of hydrogen-bond acceptors (Lipinski definition) is 4. The number of aliphatic hydroxyl groups excluding tert-OH is 1. The minimum absolute atomic E-state index is 0.00567. The van der Waals surface area contributed by atoms with E-state index in [2.05, 4.69) is 38.6 Å². The van der Waals surface area contributed by atoms with Crippen molar-refractivity contribution in [3.8, 4) is 0 Å². The molecule has 6 heteroatoms. The van der Waals surface area contributed by atoms with Crippen molar-refractivity contribution in [1.29, 1.82) is 0 Å². The molecule has 0 bridgehead atoms. The van der Waals surface area contributed by atoms with Crippen LogP contribution in [0.25, 0.3) is 10.9 Å². The van der Waals surface area contributed by atoms with Crippen molar-refractivity contribution in [3.05, 3.63) is 65.4 Å². The third kappa shape index (κ3) is 4.36. The maximum absolute atomic E-state index is 12.6. The van der Waals surface area contributed by atoms with Crippen molar-refractivity contribution >= 4 is 16.8 Å². The van der Waals surface area contributed by atoms with Crippen LogP contribution in [0.15, 0.2) is 48.7 Å². The van der Waals surface area contributed by atoms with E-state index in [1.54, 1.807) is 0 Å². The second kappa shape index (κ2) is 8.44. The number of rotatable bonds is 5. The molecule has 0 spiro atoms. The van der Waals surface area contributed by atoms with E-state index in [0.29, 0.717) is 18.3 Å². The Kier molecular flexibility index (Phi) is 5.50. The number of amides is 1. The highest BCUT2D eigenvalue weighted by Gasteiger charge is 2.42. The fraction of sp³-hybridized carbons (Fsp3) is 0.440. The van der Waals surface area contributed by atoms with Gasteiger partial charge in [0.15, 0.2) is 0 Å². The molecule has 1 aliphatic carbocycles. The Morgan fingerprint density at radius 1 is 1.19 bits per heavy atom. The molecule has 1 saturated heterocycles. The van der Waals surface area contributed by atoms with Crippen LogP contribution in [0.5, 0.6) is 0 Å². The number of fused-ring (bicyclic) bond motifs is 2. The zero-order chi connectivity index (χ0) is 21.4. The van der Waals surface area contributed by atoms with Crippen LogP contribution >= 0.6 is 0 Å². The molecule has 31 heavy (non-hydrogen) atoms. The van der Waals surface area contributed by atoms with Crippen molar-refractivity contribution in [2.45, 2.75) is 44.9 Å². The molecule has 2 aromatic carbocycles. The molecule has 0 unspecified atom stereocenters. The molecule has 3 aromatic rings. The van der Waals surface area contributed by atoms with Gasteiger partial charge < -0.3 is 10.4 Å². The Balaban J connectivity index is 1.19. The molecule has 6 nitrogen and oxygen atoms in total. The van der Waals surface area contributed by atoms with Crippen LogP contribution in [0.2, 0.25) is 0 Å². The lowest BCUT2D eigenvalue weighted by Gasteiger charge is -2.35. The van der Waals surface area contributed by atoms with E-state index in [1.165, 1.54) is 5.56 Å². The average molecular weight is 419 g/mol. The fourth-order valence-corrected chi connectivity index (χ4v) is 5.48. The summed E-state index contributed by atoms with van der Waals surface area (Å²) >= 11 is 0. The highest BCUT2D eigenvalue weighted by atomic mass is 16.3. The van der Waals surface area contributed by atoms with Gasteiger partial charge in [-0.25, -0.2) is 0 Å². The summed E-state index contributed by atoms with van der Waals surface area (Å²) in [6.07, 6.45) is 3.35. The number of carbonyl (C=O) groups is 1. The summed E-state index contributed by atoms with van der Waals surface area (Å²) in [5.41, 5.74) is 4.54. The van der Waals surface area contributed by atoms with Crippen LogP contribution in [-0.2, 0) is 17.8 Å². The van der Waals surface area contributed by atoms with E-state index in [1.807, 2.05) is 37.4 Å². The molecule has 2 heterocycles. The molecule has 5 rings (SSSR count). The molecule has 1 saturated carbocycles. The predicted molar refractivity (Wildman–Crippen MR) is 120 cm³/mol. The van der Waals surface area contributed by atoms with Crippen LogP contribution in [0.1, 0.15) is 29.5 Å². The van der Waals surface area contributed by atoms with E-state index in [4.69, 9.17) is 0 Å². The van der Waals surface area contributed by atoms with E-state index in [-0.39, 0.29) is 11.9 Å². The molecule has 0 radical (unpaired) electrons. The second-order valence-corrected chi connectivity index (χ2v) is 9.34. The number of likely N-dealkylation sites (tertiary alicyclic amines) is 1. The summed E-state index contributed by atoms with van der Waals surface area (Å²) < 4.78 is 0. The van der Waals surface area contributed by atoms with Gasteiger partial charge in [-0.05, 0) is 42.7 Å². The number of nitrogens with zero attached hydrogens (tertiary/aromatic N) is 2. The quantitative estimate of drug-likeness (QED) is 0.595. The molecule has 1 aliphatic heterocycles. The Hall–Kier alpha value is -2.70. The lowest BCUT2D eigenvalue weighted by atomic mass is 9.77. The molecule has 2 aliphatic rings. The minimum atomic E-state index is -0.473. The first-order chi connectivity index (χ1) is 15.0. The third-order valence-electron chi connectivity index (χ3n) is 6.97. The number of aromatic amines is 1. The third-order valence-corrected chi connectivity index (χ3v) is 6.97. The van der Waals surface area contributed by atoms with Gasteiger partial charge in [-0.2, -0.15) is 5.10 Å². The van der Waals surface area contributed by atoms with Gasteiger partial charge in [0.25, 0.3) is 0 Å². The Labute approximate surface area is 182 Å². The van der Waals surface area contributed by atoms with Gasteiger partial charge >= 0.3 is 0 Å². The minimum Gasteiger partial charge on any atom is -0.391 e. The van der Waals surface area contributed by atoms with E-state index >= 15 is 0 Å². The van der Waals surface area contributed by atoms with Crippen molar-refractivity contribution in [2.24, 2.45) is 11.8 Å². The molecule has 1 aromatic heterocycles. The summed E-state index contributed by atoms with van der Waals surface area (Å²) in [4.78, 5) is 15.1. The number of aryl methyl sites for hydroxylation is 1. The fourth-order valence-electron chi connectivity index (χ4n) is 5.48. The van der Waals surface area contributed by atoms with Crippen LogP contribution in [0.3, 0.4) is 0 Å². The zero-order valence-electron chi connectivity index (χ0n) is 17.9. The summed E-state index contributed by atoms with van der Waals surface area (Å²) in [5.74, 6) is 0.989.